The summed E-state index contributed by atoms with van der Waals surface area (Å²) in [5.74, 6) is 1.13. The van der Waals surface area contributed by atoms with Crippen molar-refractivity contribution >= 4 is 82.0 Å². The molecule has 0 spiro atoms. The van der Waals surface area contributed by atoms with E-state index in [0.29, 0.717) is 10.9 Å². The van der Waals surface area contributed by atoms with Crippen molar-refractivity contribution < 1.29 is 105 Å². The smallest absolute Gasteiger partial charge is 0.194 e. The maximum absolute atomic E-state index is 14.2. The molecule has 9 aromatic rings. The Bertz CT molecular complexity index is 3400. The van der Waals surface area contributed by atoms with Crippen LogP contribution in [0.25, 0.3) is 43.1 Å². The lowest BCUT2D eigenvalue weighted by atomic mass is 9.12. The fraction of sp³-hybridized carbons (Fsp3) is 0.193. The van der Waals surface area contributed by atoms with Gasteiger partial charge in [0, 0.05) is 5.56 Å². The Labute approximate surface area is 455 Å². The van der Waals surface area contributed by atoms with Gasteiger partial charge in [-0.3, -0.25) is 0 Å². The molecule has 83 heavy (non-hydrogen) atoms. The molecule has 0 saturated carbocycles. The minimum atomic E-state index is -6.13. The van der Waals surface area contributed by atoms with E-state index in [1.807, 2.05) is 0 Å². The normalized spacial score (nSPS) is 13.6. The topological polar surface area (TPSA) is 0 Å². The van der Waals surface area contributed by atoms with Crippen LogP contribution in [0.1, 0.15) is 50.1 Å². The summed E-state index contributed by atoms with van der Waals surface area (Å²) >= 11 is 0. The summed E-state index contributed by atoms with van der Waals surface area (Å²) in [7, 11) is 0.354. The highest BCUT2D eigenvalue weighted by Gasteiger charge is 2.47. The average Bonchev–Trinajstić information content (AvgIpc) is 0.908. The molecule has 26 heteroatoms. The number of hydrogen-bond acceptors (Lipinski definition) is 0. The third-order valence-corrected chi connectivity index (χ3v) is 14.5. The summed E-state index contributed by atoms with van der Waals surface area (Å²) in [6, 6.07) is 20.4. The molecule has 438 valence electrons. The summed E-state index contributed by atoms with van der Waals surface area (Å²) in [6.07, 6.45) is -50.1. The molecule has 0 radical (unpaired) electrons. The summed E-state index contributed by atoms with van der Waals surface area (Å²) in [4.78, 5) is 0. The molecule has 0 unspecified atom stereocenters. The molecule has 0 amide bonds. The van der Waals surface area contributed by atoms with Gasteiger partial charge in [-0.2, -0.15) is 127 Å². The van der Waals surface area contributed by atoms with Crippen LogP contribution in [0.15, 0.2) is 152 Å². The second-order valence-corrected chi connectivity index (χ2v) is 21.8. The van der Waals surface area contributed by atoms with Gasteiger partial charge in [-0.1, -0.05) is 97.1 Å². The van der Waals surface area contributed by atoms with Gasteiger partial charge >= 0.3 is 49.4 Å². The first-order valence-electron chi connectivity index (χ1n) is 23.6. The zero-order valence-electron chi connectivity index (χ0n) is 41.7. The summed E-state index contributed by atoms with van der Waals surface area (Å²) in [6.45, 7) is 0. The molecule has 0 aliphatic rings. The van der Waals surface area contributed by atoms with E-state index in [-0.39, 0.29) is 0 Å². The first kappa shape index (κ1) is 61.8. The van der Waals surface area contributed by atoms with Gasteiger partial charge < -0.3 is 0 Å². The first-order valence-corrected chi connectivity index (χ1v) is 25.8. The molecule has 0 saturated heterocycles. The molecule has 0 bridgehead atoms. The lowest BCUT2D eigenvalue weighted by Crippen LogP contribution is -2.75. The lowest BCUT2D eigenvalue weighted by Gasteiger charge is -2.46. The number of hydrogen-bond donors (Lipinski definition) is 0. The quantitative estimate of drug-likeness (QED) is 0.0674. The highest BCUT2D eigenvalue weighted by molar-refractivity contribution is 7.94. The average molecular weight is 1220 g/mol. The van der Waals surface area contributed by atoms with Gasteiger partial charge in [-0.05, 0) is 109 Å². The van der Waals surface area contributed by atoms with E-state index in [0.717, 1.165) is 5.75 Å². The zero-order chi connectivity index (χ0) is 61.6. The van der Waals surface area contributed by atoms with Crippen LogP contribution in [0.5, 0.6) is 0 Å². The lowest BCUT2D eigenvalue weighted by molar-refractivity contribution is -0.144. The third kappa shape index (κ3) is 13.0. The van der Waals surface area contributed by atoms with E-state index in [1.54, 1.807) is 0 Å². The number of fused-ring (bicyclic) bond motifs is 4. The van der Waals surface area contributed by atoms with Crippen molar-refractivity contribution in [1.29, 1.82) is 0 Å². The molecular formula is C57H33BF24S. The molecule has 0 aliphatic heterocycles. The van der Waals surface area contributed by atoms with Gasteiger partial charge in [-0.15, -0.1) is 0 Å². The molecule has 0 aromatic heterocycles. The molecule has 0 heterocycles. The van der Waals surface area contributed by atoms with Crippen LogP contribution in [0.2, 0.25) is 0 Å². The van der Waals surface area contributed by atoms with E-state index in [4.69, 9.17) is 0 Å². The Balaban J connectivity index is 0.000000283. The molecule has 9 rings (SSSR count). The predicted molar refractivity (Wildman–Crippen MR) is 269 cm³/mol. The Morgan fingerprint density at radius 1 is 0.265 bits per heavy atom. The molecule has 0 fully saturated rings. The zero-order valence-corrected chi connectivity index (χ0v) is 42.5. The second-order valence-electron chi connectivity index (χ2n) is 19.5. The summed E-state index contributed by atoms with van der Waals surface area (Å²) in [5, 5.41) is 10.8. The fourth-order valence-electron chi connectivity index (χ4n) is 10.1. The van der Waals surface area contributed by atoms with Crippen LogP contribution in [0.3, 0.4) is 0 Å². The standard InChI is InChI=1S/C32H12BF24.C25H21S/c34-25(35,36)13-1-14(26(37,38)39)6-21(5-13)33(22-7-15(27(40,41)42)2-16(8-22)28(43,44)45,23-9-17(29(46,47)48)3-18(10-23)30(49,50)51)24-11-19(31(52,53)54)4-20(12-24)32(55,56)57;1-26(2)16-25-23-14-19-9-5-3-7-17(19)11-21(23)13-22-12-18-8-4-6-10-20(18)15-24(22)25/h1-12H;3-15H,16H2,1-2H3/q-1;+1. The number of rotatable bonds is 6. The maximum atomic E-state index is 14.2. The van der Waals surface area contributed by atoms with Crippen LogP contribution < -0.4 is 21.9 Å². The van der Waals surface area contributed by atoms with Gasteiger partial charge in [-0.25, -0.2) is 0 Å². The largest absolute Gasteiger partial charge is 0.416 e. The molecule has 0 aliphatic carbocycles. The van der Waals surface area contributed by atoms with Gasteiger partial charge in [0.05, 0.1) is 57.0 Å². The predicted octanol–water partition coefficient (Wildman–Crippen LogP) is 17.9. The first-order chi connectivity index (χ1) is 37.9. The summed E-state index contributed by atoms with van der Waals surface area (Å²) < 4.78 is 341. The van der Waals surface area contributed by atoms with Crippen molar-refractivity contribution in [3.05, 3.63) is 202 Å². The number of halogens is 24. The Hall–Kier alpha value is -7.25. The van der Waals surface area contributed by atoms with Crippen LogP contribution in [0, 0.1) is 0 Å². The number of alkyl halides is 24. The SMILES string of the molecule is C[S+](C)Cc1c2cc3ccccc3cc2cc2cc3ccccc3cc12.FC(F)(F)c1cc([B-](c2cc(C(F)(F)F)cc(C(F)(F)F)c2)(c2cc(C(F)(F)F)cc(C(F)(F)F)c2)c2cc(C(F)(F)F)cc(C(F)(F)F)c2)cc(C(F)(F)F)c1. The van der Waals surface area contributed by atoms with Crippen LogP contribution >= 0.6 is 0 Å². The number of benzene rings is 9. The molecular weight excluding hydrogens is 1180 g/mol. The van der Waals surface area contributed by atoms with Gasteiger partial charge in [0.2, 0.25) is 0 Å². The minimum Gasteiger partial charge on any atom is -0.194 e. The van der Waals surface area contributed by atoms with E-state index in [1.165, 1.54) is 48.7 Å². The van der Waals surface area contributed by atoms with Crippen molar-refractivity contribution in [2.45, 2.75) is 55.2 Å². The van der Waals surface area contributed by atoms with Gasteiger partial charge in [0.1, 0.15) is 11.9 Å². The Morgan fingerprint density at radius 3 is 0.651 bits per heavy atom. The molecule has 0 N–H and O–H groups in total. The van der Waals surface area contributed by atoms with Crippen LogP contribution in [0.4, 0.5) is 105 Å². The van der Waals surface area contributed by atoms with E-state index in [2.05, 4.69) is 91.4 Å². The maximum Gasteiger partial charge on any atom is 0.416 e. The fourth-order valence-corrected chi connectivity index (χ4v) is 11.0. The highest BCUT2D eigenvalue weighted by Crippen LogP contribution is 2.42. The summed E-state index contributed by atoms with van der Waals surface area (Å²) in [5.41, 5.74) is -28.7. The van der Waals surface area contributed by atoms with E-state index >= 15 is 0 Å². The van der Waals surface area contributed by atoms with Crippen molar-refractivity contribution in [3.8, 4) is 0 Å². The third-order valence-electron chi connectivity index (χ3n) is 13.7. The van der Waals surface area contributed by atoms with Crippen molar-refractivity contribution in [2.75, 3.05) is 12.5 Å². The minimum absolute atomic E-state index is 0.354. The Kier molecular flexibility index (Phi) is 15.7. The Morgan fingerprint density at radius 2 is 0.458 bits per heavy atom. The van der Waals surface area contributed by atoms with Gasteiger partial charge in [0.15, 0.2) is 0 Å². The molecule has 9 aromatic carbocycles. The molecule has 0 nitrogen and oxygen atoms in total. The van der Waals surface area contributed by atoms with Gasteiger partial charge in [0.25, 0.3) is 0 Å². The van der Waals surface area contributed by atoms with Crippen LogP contribution in [-0.4, -0.2) is 18.7 Å². The van der Waals surface area contributed by atoms with E-state index < -0.39 is 195 Å². The highest BCUT2D eigenvalue weighted by atomic mass is 32.2. The second kappa shape index (κ2) is 21.1. The molecule has 0 atom stereocenters. The van der Waals surface area contributed by atoms with Crippen LogP contribution in [-0.2, 0) is 66.1 Å². The van der Waals surface area contributed by atoms with Crippen molar-refractivity contribution in [2.24, 2.45) is 0 Å². The van der Waals surface area contributed by atoms with Crippen molar-refractivity contribution in [3.63, 3.8) is 0 Å². The van der Waals surface area contributed by atoms with E-state index in [9.17, 15) is 105 Å². The monoisotopic (exact) mass is 1220 g/mol. The van der Waals surface area contributed by atoms with Crippen molar-refractivity contribution in [1.82, 2.24) is 0 Å².